The highest BCUT2D eigenvalue weighted by Gasteiger charge is 2.39. The summed E-state index contributed by atoms with van der Waals surface area (Å²) in [5.74, 6) is -0.311. The fourth-order valence-corrected chi connectivity index (χ4v) is 3.09. The van der Waals surface area contributed by atoms with Gasteiger partial charge in [-0.25, -0.2) is 9.07 Å². The molecule has 0 bridgehead atoms. The second-order valence-electron chi connectivity index (χ2n) is 6.05. The van der Waals surface area contributed by atoms with Crippen LogP contribution in [0.2, 0.25) is 0 Å². The van der Waals surface area contributed by atoms with Crippen LogP contribution in [0.25, 0.3) is 5.69 Å². The summed E-state index contributed by atoms with van der Waals surface area (Å²) in [5, 5.41) is 25.4. The van der Waals surface area contributed by atoms with Crippen molar-refractivity contribution in [2.45, 2.75) is 18.6 Å². The number of nitrogens with one attached hydrogen (secondary N) is 1. The number of hydrogen-bond acceptors (Lipinski definition) is 5. The summed E-state index contributed by atoms with van der Waals surface area (Å²) in [7, 11) is 0. The summed E-state index contributed by atoms with van der Waals surface area (Å²) in [4.78, 5) is 2.10. The molecule has 4 rings (SSSR count). The number of β-amino-alcohol motifs (C(OH)–C–C–N with tert-alkyl or cyclic N) is 1. The van der Waals surface area contributed by atoms with Crippen LogP contribution in [0.4, 0.5) is 4.39 Å². The zero-order valence-electron chi connectivity index (χ0n) is 12.9. The summed E-state index contributed by atoms with van der Waals surface area (Å²) in [6.45, 7) is 1.78. The van der Waals surface area contributed by atoms with E-state index < -0.39 is 5.60 Å². The lowest BCUT2D eigenvalue weighted by Crippen LogP contribution is -2.31. The summed E-state index contributed by atoms with van der Waals surface area (Å²) >= 11 is 0. The zero-order valence-corrected chi connectivity index (χ0v) is 12.9. The van der Waals surface area contributed by atoms with Gasteiger partial charge >= 0.3 is 0 Å². The van der Waals surface area contributed by atoms with Crippen molar-refractivity contribution in [3.05, 3.63) is 59.9 Å². The van der Waals surface area contributed by atoms with Gasteiger partial charge in [0.15, 0.2) is 0 Å². The lowest BCUT2D eigenvalue weighted by molar-refractivity contribution is 0.0407. The molecule has 1 atom stereocenters. The van der Waals surface area contributed by atoms with E-state index in [2.05, 4.69) is 25.4 Å². The molecule has 1 aliphatic heterocycles. The quantitative estimate of drug-likeness (QED) is 0.752. The third-order valence-corrected chi connectivity index (χ3v) is 4.35. The molecule has 0 spiro atoms. The molecule has 1 saturated heterocycles. The first-order valence-electron chi connectivity index (χ1n) is 7.74. The van der Waals surface area contributed by atoms with Crippen molar-refractivity contribution in [1.82, 2.24) is 30.1 Å². The van der Waals surface area contributed by atoms with Gasteiger partial charge in [0.2, 0.25) is 0 Å². The van der Waals surface area contributed by atoms with Gasteiger partial charge in [0.05, 0.1) is 11.9 Å². The monoisotopic (exact) mass is 328 g/mol. The molecule has 1 fully saturated rings. The van der Waals surface area contributed by atoms with Gasteiger partial charge in [0.25, 0.3) is 0 Å². The van der Waals surface area contributed by atoms with E-state index in [0.29, 0.717) is 30.9 Å². The largest absolute Gasteiger partial charge is 0.382 e. The molecule has 2 N–H and O–H groups in total. The maximum atomic E-state index is 13.8. The van der Waals surface area contributed by atoms with Crippen LogP contribution in [-0.2, 0) is 12.1 Å². The van der Waals surface area contributed by atoms with Gasteiger partial charge in [-0.15, -0.1) is 0 Å². The van der Waals surface area contributed by atoms with Gasteiger partial charge in [-0.05, 0) is 24.6 Å². The van der Waals surface area contributed by atoms with Crippen molar-refractivity contribution in [3.8, 4) is 5.69 Å². The number of para-hydroxylation sites is 1. The van der Waals surface area contributed by atoms with Gasteiger partial charge in [-0.2, -0.15) is 20.5 Å². The number of aromatic nitrogens is 5. The Labute approximate surface area is 137 Å². The normalized spacial score (nSPS) is 21.4. The Morgan fingerprint density at radius 1 is 1.29 bits per heavy atom. The Morgan fingerprint density at radius 2 is 2.17 bits per heavy atom. The SMILES string of the molecule is O[C@]1(c2cn[nH]n2)CCN(Cc2ccn(-c3ccccc3F)n2)C1. The van der Waals surface area contributed by atoms with Crippen LogP contribution < -0.4 is 0 Å². The van der Waals surface area contributed by atoms with Crippen LogP contribution in [0.1, 0.15) is 17.8 Å². The molecule has 3 heterocycles. The average molecular weight is 328 g/mol. The van der Waals surface area contributed by atoms with Gasteiger partial charge < -0.3 is 5.11 Å². The summed E-state index contributed by atoms with van der Waals surface area (Å²) < 4.78 is 15.4. The molecule has 124 valence electrons. The first-order chi connectivity index (χ1) is 11.6. The van der Waals surface area contributed by atoms with E-state index in [1.807, 2.05) is 6.07 Å². The number of halogens is 1. The minimum absolute atomic E-state index is 0.311. The Morgan fingerprint density at radius 3 is 2.96 bits per heavy atom. The van der Waals surface area contributed by atoms with E-state index in [-0.39, 0.29) is 5.82 Å². The lowest BCUT2D eigenvalue weighted by atomic mass is 10.0. The number of rotatable bonds is 4. The molecule has 8 heteroatoms. The van der Waals surface area contributed by atoms with Crippen LogP contribution in [0.15, 0.2) is 42.7 Å². The van der Waals surface area contributed by atoms with Crippen LogP contribution in [0, 0.1) is 5.82 Å². The molecule has 2 aromatic heterocycles. The number of benzene rings is 1. The smallest absolute Gasteiger partial charge is 0.148 e. The van der Waals surface area contributed by atoms with Crippen LogP contribution >= 0.6 is 0 Å². The van der Waals surface area contributed by atoms with E-state index in [0.717, 1.165) is 12.2 Å². The maximum absolute atomic E-state index is 13.8. The third kappa shape index (κ3) is 2.70. The van der Waals surface area contributed by atoms with E-state index in [4.69, 9.17) is 0 Å². The predicted octanol–water partition coefficient (Wildman–Crippen LogP) is 1.22. The van der Waals surface area contributed by atoms with Gasteiger partial charge in [0, 0.05) is 25.8 Å². The number of aliphatic hydroxyl groups is 1. The van der Waals surface area contributed by atoms with Crippen LogP contribution in [0.3, 0.4) is 0 Å². The van der Waals surface area contributed by atoms with E-state index in [1.165, 1.54) is 10.7 Å². The second kappa shape index (κ2) is 5.81. The van der Waals surface area contributed by atoms with E-state index in [1.54, 1.807) is 30.6 Å². The number of nitrogens with zero attached hydrogens (tertiary/aromatic N) is 5. The maximum Gasteiger partial charge on any atom is 0.148 e. The van der Waals surface area contributed by atoms with Crippen molar-refractivity contribution >= 4 is 0 Å². The van der Waals surface area contributed by atoms with Gasteiger partial charge in [0.1, 0.15) is 22.8 Å². The molecule has 3 aromatic rings. The predicted molar refractivity (Wildman–Crippen MR) is 83.7 cm³/mol. The first kappa shape index (κ1) is 15.0. The minimum Gasteiger partial charge on any atom is -0.382 e. The topological polar surface area (TPSA) is 82.9 Å². The van der Waals surface area contributed by atoms with Gasteiger partial charge in [-0.1, -0.05) is 12.1 Å². The molecular formula is C16H17FN6O. The Balaban J connectivity index is 1.47. The number of H-pyrrole nitrogens is 1. The molecule has 7 nitrogen and oxygen atoms in total. The molecule has 0 saturated carbocycles. The highest BCUT2D eigenvalue weighted by Crippen LogP contribution is 2.30. The van der Waals surface area contributed by atoms with Crippen LogP contribution in [-0.4, -0.2) is 48.3 Å². The lowest BCUT2D eigenvalue weighted by Gasteiger charge is -2.20. The average Bonchev–Trinajstić information content (AvgIpc) is 3.30. The Hall–Kier alpha value is -2.58. The minimum atomic E-state index is -0.985. The Kier molecular flexibility index (Phi) is 3.62. The molecule has 1 aromatic carbocycles. The number of hydrogen-bond donors (Lipinski definition) is 2. The molecule has 0 radical (unpaired) electrons. The van der Waals surface area contributed by atoms with Crippen molar-refractivity contribution < 1.29 is 9.50 Å². The standard InChI is InChI=1S/C16H17FN6O/c17-13-3-1-2-4-14(13)23-7-5-12(20-23)10-22-8-6-16(24,11-22)15-9-18-21-19-15/h1-5,7,9,24H,6,8,10-11H2,(H,18,19,21)/t16-/m1/s1. The fourth-order valence-electron chi connectivity index (χ4n) is 3.09. The summed E-state index contributed by atoms with van der Waals surface area (Å²) in [6.07, 6.45) is 3.89. The second-order valence-corrected chi connectivity index (χ2v) is 6.05. The molecule has 0 aliphatic carbocycles. The third-order valence-electron chi connectivity index (χ3n) is 4.35. The summed E-state index contributed by atoms with van der Waals surface area (Å²) in [6, 6.07) is 8.39. The molecule has 0 amide bonds. The van der Waals surface area contributed by atoms with Crippen molar-refractivity contribution in [3.63, 3.8) is 0 Å². The molecule has 0 unspecified atom stereocenters. The van der Waals surface area contributed by atoms with Crippen molar-refractivity contribution in [2.24, 2.45) is 0 Å². The first-order valence-corrected chi connectivity index (χ1v) is 7.74. The zero-order chi connectivity index (χ0) is 16.6. The van der Waals surface area contributed by atoms with Gasteiger partial charge in [-0.3, -0.25) is 4.90 Å². The molecule has 24 heavy (non-hydrogen) atoms. The van der Waals surface area contributed by atoms with E-state index in [9.17, 15) is 9.50 Å². The Bertz CT molecular complexity index is 833. The molecule has 1 aliphatic rings. The highest BCUT2D eigenvalue weighted by atomic mass is 19.1. The number of aromatic amines is 1. The van der Waals surface area contributed by atoms with E-state index >= 15 is 0 Å². The molecular weight excluding hydrogens is 311 g/mol. The van der Waals surface area contributed by atoms with Crippen LogP contribution in [0.5, 0.6) is 0 Å². The summed E-state index contributed by atoms with van der Waals surface area (Å²) in [5.41, 5.74) is 0.815. The fraction of sp³-hybridized carbons (Fsp3) is 0.312. The highest BCUT2D eigenvalue weighted by molar-refractivity contribution is 5.32. The van der Waals surface area contributed by atoms with Crippen molar-refractivity contribution in [2.75, 3.05) is 13.1 Å². The number of likely N-dealkylation sites (tertiary alicyclic amines) is 1. The van der Waals surface area contributed by atoms with Crippen molar-refractivity contribution in [1.29, 1.82) is 0 Å².